The number of hydrogen-bond donors (Lipinski definition) is 1. The van der Waals surface area contributed by atoms with Crippen LogP contribution >= 0.6 is 11.8 Å². The molecule has 1 N–H and O–H groups in total. The van der Waals surface area contributed by atoms with Gasteiger partial charge in [0, 0.05) is 20.2 Å². The number of aliphatic carboxylic acids is 1. The molecule has 0 saturated heterocycles. The minimum atomic E-state index is -0.908. The van der Waals surface area contributed by atoms with E-state index in [4.69, 9.17) is 9.84 Å². The van der Waals surface area contributed by atoms with Crippen molar-refractivity contribution >= 4 is 23.6 Å². The Labute approximate surface area is 122 Å². The second kappa shape index (κ2) is 9.39. The number of ether oxygens (including phenoxy) is 1. The van der Waals surface area contributed by atoms with Crippen molar-refractivity contribution in [2.45, 2.75) is 6.54 Å². The van der Waals surface area contributed by atoms with Gasteiger partial charge in [-0.3, -0.25) is 9.59 Å². The Hall–Kier alpha value is -1.53. The molecule has 0 aliphatic heterocycles. The van der Waals surface area contributed by atoms with Crippen LogP contribution in [0.5, 0.6) is 0 Å². The van der Waals surface area contributed by atoms with Gasteiger partial charge < -0.3 is 14.7 Å². The van der Waals surface area contributed by atoms with Crippen molar-refractivity contribution in [3.8, 4) is 0 Å². The van der Waals surface area contributed by atoms with Crippen molar-refractivity contribution in [2.24, 2.45) is 0 Å². The number of rotatable bonds is 9. The van der Waals surface area contributed by atoms with E-state index in [2.05, 4.69) is 0 Å². The summed E-state index contributed by atoms with van der Waals surface area (Å²) >= 11 is 1.11. The van der Waals surface area contributed by atoms with Crippen molar-refractivity contribution in [3.63, 3.8) is 0 Å². The first-order valence-corrected chi connectivity index (χ1v) is 7.39. The van der Waals surface area contributed by atoms with Crippen LogP contribution in [0.3, 0.4) is 0 Å². The highest BCUT2D eigenvalue weighted by atomic mass is 32.2. The first kappa shape index (κ1) is 16.5. The lowest BCUT2D eigenvalue weighted by Gasteiger charge is -2.22. The van der Waals surface area contributed by atoms with Gasteiger partial charge in [-0.1, -0.05) is 30.3 Å². The van der Waals surface area contributed by atoms with Gasteiger partial charge in [-0.15, -0.1) is 11.8 Å². The topological polar surface area (TPSA) is 66.8 Å². The molecule has 1 aromatic carbocycles. The molecule has 0 bridgehead atoms. The van der Waals surface area contributed by atoms with Gasteiger partial charge in [0.15, 0.2) is 0 Å². The Kier molecular flexibility index (Phi) is 7.75. The molecule has 1 aromatic rings. The third-order valence-corrected chi connectivity index (χ3v) is 3.49. The number of carbonyl (C=O) groups excluding carboxylic acids is 1. The van der Waals surface area contributed by atoms with E-state index < -0.39 is 5.97 Å². The Balaban J connectivity index is 2.54. The van der Waals surface area contributed by atoms with Crippen LogP contribution in [0, 0.1) is 0 Å². The molecule has 0 radical (unpaired) electrons. The summed E-state index contributed by atoms with van der Waals surface area (Å²) in [4.78, 5) is 24.2. The molecular weight excluding hydrogens is 278 g/mol. The second-order valence-electron chi connectivity index (χ2n) is 4.18. The number of benzene rings is 1. The molecular formula is C14H19NO4S. The Morgan fingerprint density at radius 1 is 1.25 bits per heavy atom. The molecule has 0 atom stereocenters. The molecule has 0 aliphatic rings. The molecule has 6 heteroatoms. The van der Waals surface area contributed by atoms with E-state index >= 15 is 0 Å². The van der Waals surface area contributed by atoms with Gasteiger partial charge >= 0.3 is 5.97 Å². The number of carbonyl (C=O) groups is 2. The van der Waals surface area contributed by atoms with Gasteiger partial charge in [0.1, 0.15) is 0 Å². The Morgan fingerprint density at radius 2 is 1.95 bits per heavy atom. The molecule has 5 nitrogen and oxygen atoms in total. The summed E-state index contributed by atoms with van der Waals surface area (Å²) in [7, 11) is 1.59. The number of carboxylic acids is 1. The van der Waals surface area contributed by atoms with Crippen LogP contribution < -0.4 is 0 Å². The van der Waals surface area contributed by atoms with Crippen molar-refractivity contribution in [1.29, 1.82) is 0 Å². The van der Waals surface area contributed by atoms with Crippen LogP contribution in [0.25, 0.3) is 0 Å². The van der Waals surface area contributed by atoms with E-state index in [0.717, 1.165) is 17.3 Å². The third-order valence-electron chi connectivity index (χ3n) is 2.59. The molecule has 110 valence electrons. The highest BCUT2D eigenvalue weighted by Gasteiger charge is 2.14. The van der Waals surface area contributed by atoms with Crippen LogP contribution in [0.2, 0.25) is 0 Å². The first-order chi connectivity index (χ1) is 9.63. The van der Waals surface area contributed by atoms with Crippen LogP contribution in [0.15, 0.2) is 30.3 Å². The zero-order chi connectivity index (χ0) is 14.8. The summed E-state index contributed by atoms with van der Waals surface area (Å²) in [6, 6.07) is 9.68. The normalized spacial score (nSPS) is 10.2. The average molecular weight is 297 g/mol. The fraction of sp³-hybridized carbons (Fsp3) is 0.429. The fourth-order valence-corrected chi connectivity index (χ4v) is 2.25. The van der Waals surface area contributed by atoms with Gasteiger partial charge in [0.25, 0.3) is 0 Å². The molecule has 0 unspecified atom stereocenters. The zero-order valence-corrected chi connectivity index (χ0v) is 12.3. The molecule has 20 heavy (non-hydrogen) atoms. The number of carboxylic acid groups (broad SMARTS) is 1. The third kappa shape index (κ3) is 6.58. The molecule has 0 aliphatic carbocycles. The largest absolute Gasteiger partial charge is 0.481 e. The number of amides is 1. The summed E-state index contributed by atoms with van der Waals surface area (Å²) in [6.07, 6.45) is 0. The molecule has 0 heterocycles. The SMILES string of the molecule is COCCN(Cc1ccccc1)C(=O)CSCC(=O)O. The second-order valence-corrected chi connectivity index (χ2v) is 5.17. The summed E-state index contributed by atoms with van der Waals surface area (Å²) in [5.74, 6) is -0.871. The maximum absolute atomic E-state index is 12.1. The quantitative estimate of drug-likeness (QED) is 0.748. The average Bonchev–Trinajstić information content (AvgIpc) is 2.44. The number of methoxy groups -OCH3 is 1. The number of thioether (sulfide) groups is 1. The lowest BCUT2D eigenvalue weighted by atomic mass is 10.2. The van der Waals surface area contributed by atoms with Gasteiger partial charge in [-0.05, 0) is 5.56 Å². The number of hydrogen-bond acceptors (Lipinski definition) is 4. The van der Waals surface area contributed by atoms with Crippen molar-refractivity contribution < 1.29 is 19.4 Å². The van der Waals surface area contributed by atoms with Gasteiger partial charge in [0.05, 0.1) is 18.1 Å². The predicted molar refractivity (Wildman–Crippen MR) is 78.7 cm³/mol. The molecule has 0 saturated carbocycles. The fourth-order valence-electron chi connectivity index (χ4n) is 1.61. The minimum absolute atomic E-state index is 0.0603. The van der Waals surface area contributed by atoms with Crippen LogP contribution in [0.1, 0.15) is 5.56 Å². The maximum Gasteiger partial charge on any atom is 0.313 e. The summed E-state index contributed by atoms with van der Waals surface area (Å²) in [6.45, 7) is 1.47. The van der Waals surface area contributed by atoms with Gasteiger partial charge in [-0.25, -0.2) is 0 Å². The lowest BCUT2D eigenvalue weighted by molar-refractivity contribution is -0.133. The van der Waals surface area contributed by atoms with E-state index in [1.807, 2.05) is 30.3 Å². The molecule has 1 rings (SSSR count). The molecule has 0 spiro atoms. The van der Waals surface area contributed by atoms with Crippen molar-refractivity contribution in [1.82, 2.24) is 4.90 Å². The monoisotopic (exact) mass is 297 g/mol. The summed E-state index contributed by atoms with van der Waals surface area (Å²) in [5.41, 5.74) is 1.04. The van der Waals surface area contributed by atoms with Crippen LogP contribution in [0.4, 0.5) is 0 Å². The van der Waals surface area contributed by atoms with Gasteiger partial charge in [0.2, 0.25) is 5.91 Å². The van der Waals surface area contributed by atoms with Gasteiger partial charge in [-0.2, -0.15) is 0 Å². The molecule has 0 aromatic heterocycles. The maximum atomic E-state index is 12.1. The number of nitrogens with zero attached hydrogens (tertiary/aromatic N) is 1. The standard InChI is InChI=1S/C14H19NO4S/c1-19-8-7-15(9-12-5-3-2-4-6-12)13(16)10-20-11-14(17)18/h2-6H,7-11H2,1H3,(H,17,18). The summed E-state index contributed by atoms with van der Waals surface area (Å²) in [5, 5.41) is 8.58. The van der Waals surface area contributed by atoms with E-state index in [1.165, 1.54) is 0 Å². The molecule has 0 fully saturated rings. The van der Waals surface area contributed by atoms with E-state index in [-0.39, 0.29) is 17.4 Å². The van der Waals surface area contributed by atoms with E-state index in [1.54, 1.807) is 12.0 Å². The van der Waals surface area contributed by atoms with E-state index in [0.29, 0.717) is 19.7 Å². The van der Waals surface area contributed by atoms with E-state index in [9.17, 15) is 9.59 Å². The highest BCUT2D eigenvalue weighted by molar-refractivity contribution is 8.00. The van der Waals surface area contributed by atoms with Crippen LogP contribution in [-0.2, 0) is 20.9 Å². The van der Waals surface area contributed by atoms with Crippen molar-refractivity contribution in [2.75, 3.05) is 31.8 Å². The minimum Gasteiger partial charge on any atom is -0.481 e. The Morgan fingerprint density at radius 3 is 2.55 bits per heavy atom. The van der Waals surface area contributed by atoms with Crippen molar-refractivity contribution in [3.05, 3.63) is 35.9 Å². The Bertz CT molecular complexity index is 424. The smallest absolute Gasteiger partial charge is 0.313 e. The lowest BCUT2D eigenvalue weighted by Crippen LogP contribution is -2.34. The first-order valence-electron chi connectivity index (χ1n) is 6.23. The van der Waals surface area contributed by atoms with Crippen LogP contribution in [-0.4, -0.2) is 53.7 Å². The summed E-state index contributed by atoms with van der Waals surface area (Å²) < 4.78 is 5.01. The molecule has 1 amide bonds. The zero-order valence-electron chi connectivity index (χ0n) is 11.4. The highest BCUT2D eigenvalue weighted by Crippen LogP contribution is 2.08. The predicted octanol–water partition coefficient (Wildman–Crippen LogP) is 1.48.